The number of thiazole rings is 2. The van der Waals surface area contributed by atoms with E-state index in [1.807, 2.05) is 10.8 Å². The molecule has 4 rings (SSSR count). The summed E-state index contributed by atoms with van der Waals surface area (Å²) in [6.07, 6.45) is 3.66. The van der Waals surface area contributed by atoms with Crippen LogP contribution in [0.3, 0.4) is 0 Å². The van der Waals surface area contributed by atoms with Crippen LogP contribution >= 0.6 is 22.7 Å². The molecule has 0 aliphatic carbocycles. The van der Waals surface area contributed by atoms with E-state index in [1.165, 1.54) is 46.8 Å². The van der Waals surface area contributed by atoms with Gasteiger partial charge in [-0.25, -0.2) is 14.4 Å². The van der Waals surface area contributed by atoms with E-state index in [0.717, 1.165) is 0 Å². The Hall–Kier alpha value is -3.63. The summed E-state index contributed by atoms with van der Waals surface area (Å²) in [5.41, 5.74) is 1.10. The molecule has 0 saturated heterocycles. The van der Waals surface area contributed by atoms with Gasteiger partial charge in [-0.3, -0.25) is 9.59 Å². The van der Waals surface area contributed by atoms with Crippen molar-refractivity contribution in [2.75, 3.05) is 19.1 Å². The van der Waals surface area contributed by atoms with E-state index < -0.39 is 5.82 Å². The van der Waals surface area contributed by atoms with Gasteiger partial charge in [-0.05, 0) is 30.3 Å². The third-order valence-corrected chi connectivity index (χ3v) is 6.73. The number of hydrogen-bond acceptors (Lipinski definition) is 8. The number of hydrogen-bond donors (Lipinski definition) is 0. The minimum atomic E-state index is -0.593. The van der Waals surface area contributed by atoms with E-state index in [2.05, 4.69) is 9.97 Å². The van der Waals surface area contributed by atoms with Gasteiger partial charge < -0.3 is 14.4 Å². The molecule has 0 unspecified atom stereocenters. The van der Waals surface area contributed by atoms with Gasteiger partial charge in [0.15, 0.2) is 11.6 Å². The number of anilines is 1. The van der Waals surface area contributed by atoms with Gasteiger partial charge in [-0.15, -0.1) is 22.7 Å². The highest BCUT2D eigenvalue weighted by molar-refractivity contribution is 7.09. The normalized spacial score (nSPS) is 10.7. The number of carbonyl (C=O) groups is 2. The molecular weight excluding hydrogens is 489 g/mol. The lowest BCUT2D eigenvalue weighted by molar-refractivity contribution is -0.118. The fourth-order valence-corrected chi connectivity index (χ4v) is 4.64. The quantitative estimate of drug-likeness (QED) is 0.295. The van der Waals surface area contributed by atoms with Crippen molar-refractivity contribution < 1.29 is 23.5 Å². The van der Waals surface area contributed by atoms with Gasteiger partial charge in [0.1, 0.15) is 16.5 Å². The monoisotopic (exact) mass is 511 g/mol. The fourth-order valence-electron chi connectivity index (χ4n) is 3.39. The number of halogens is 1. The zero-order valence-corrected chi connectivity index (χ0v) is 20.7. The third kappa shape index (κ3) is 6.09. The fraction of sp³-hybridized carbons (Fsp3) is 0.200. The number of ether oxygens (including phenoxy) is 2. The van der Waals surface area contributed by atoms with Crippen molar-refractivity contribution in [3.05, 3.63) is 80.9 Å². The van der Waals surface area contributed by atoms with Gasteiger partial charge in [0, 0.05) is 47.9 Å². The van der Waals surface area contributed by atoms with Gasteiger partial charge in [0.2, 0.25) is 11.7 Å². The predicted molar refractivity (Wildman–Crippen MR) is 133 cm³/mol. The van der Waals surface area contributed by atoms with Crippen molar-refractivity contribution in [3.8, 4) is 17.2 Å². The SMILES string of the molecule is COc1cccc(F)c1Oc1ccc(N(C)C(=O)Cc2nccs2)cc1CC(=O)Cc1nccs1. The number of Topliss-reactive ketones (excluding diaryl/α,β-unsaturated/α-hetero) is 1. The van der Waals surface area contributed by atoms with Crippen LogP contribution in [0.15, 0.2) is 59.6 Å². The molecule has 4 aromatic rings. The maximum Gasteiger partial charge on any atom is 0.233 e. The Bertz CT molecular complexity index is 1310. The smallest absolute Gasteiger partial charge is 0.233 e. The molecule has 0 radical (unpaired) electrons. The molecule has 0 aliphatic rings. The number of benzene rings is 2. The Morgan fingerprint density at radius 3 is 2.34 bits per heavy atom. The van der Waals surface area contributed by atoms with E-state index in [9.17, 15) is 14.0 Å². The molecule has 0 fully saturated rings. The molecule has 0 spiro atoms. The number of ketones is 1. The molecule has 0 aliphatic heterocycles. The number of rotatable bonds is 10. The Morgan fingerprint density at radius 1 is 0.971 bits per heavy atom. The van der Waals surface area contributed by atoms with Crippen molar-refractivity contribution in [2.45, 2.75) is 19.3 Å². The standard InChI is InChI=1S/C25H22FN3O4S2/c1-29(24(31)15-23-28-9-11-35-23)17-6-7-20(33-25-19(26)4-3-5-21(25)32-2)16(12-17)13-18(30)14-22-27-8-10-34-22/h3-12H,13-15H2,1-2H3. The maximum absolute atomic E-state index is 14.5. The molecule has 10 heteroatoms. The summed E-state index contributed by atoms with van der Waals surface area (Å²) < 4.78 is 25.7. The molecule has 0 atom stereocenters. The van der Waals surface area contributed by atoms with Crippen molar-refractivity contribution in [1.82, 2.24) is 9.97 Å². The number of nitrogens with zero attached hydrogens (tertiary/aromatic N) is 3. The average Bonchev–Trinajstić information content (AvgIpc) is 3.55. The lowest BCUT2D eigenvalue weighted by Crippen LogP contribution is -2.28. The molecule has 1 amide bonds. The van der Waals surface area contributed by atoms with E-state index in [1.54, 1.807) is 43.7 Å². The van der Waals surface area contributed by atoms with Crippen LogP contribution in [-0.4, -0.2) is 35.8 Å². The van der Waals surface area contributed by atoms with Crippen molar-refractivity contribution in [3.63, 3.8) is 0 Å². The van der Waals surface area contributed by atoms with Crippen LogP contribution in [0.1, 0.15) is 15.6 Å². The highest BCUT2D eigenvalue weighted by Crippen LogP contribution is 2.37. The van der Waals surface area contributed by atoms with E-state index >= 15 is 0 Å². The molecule has 0 saturated carbocycles. The second-order valence-electron chi connectivity index (χ2n) is 7.54. The second-order valence-corrected chi connectivity index (χ2v) is 9.50. The number of methoxy groups -OCH3 is 1. The number of aromatic nitrogens is 2. The first-order valence-corrected chi connectivity index (χ1v) is 12.4. The van der Waals surface area contributed by atoms with Crippen molar-refractivity contribution in [1.29, 1.82) is 0 Å². The van der Waals surface area contributed by atoms with Crippen LogP contribution in [0.25, 0.3) is 0 Å². The van der Waals surface area contributed by atoms with Crippen LogP contribution in [-0.2, 0) is 28.9 Å². The van der Waals surface area contributed by atoms with E-state index in [4.69, 9.17) is 9.47 Å². The lowest BCUT2D eigenvalue weighted by Gasteiger charge is -2.20. The summed E-state index contributed by atoms with van der Waals surface area (Å²) in [6, 6.07) is 9.40. The van der Waals surface area contributed by atoms with Gasteiger partial charge >= 0.3 is 0 Å². The van der Waals surface area contributed by atoms with Gasteiger partial charge in [0.05, 0.1) is 25.0 Å². The number of amides is 1. The second kappa shape index (κ2) is 11.2. The van der Waals surface area contributed by atoms with Crippen LogP contribution in [0, 0.1) is 5.82 Å². The van der Waals surface area contributed by atoms with Crippen LogP contribution in [0.4, 0.5) is 10.1 Å². The topological polar surface area (TPSA) is 81.6 Å². The van der Waals surface area contributed by atoms with Gasteiger partial charge in [-0.2, -0.15) is 0 Å². The van der Waals surface area contributed by atoms with Crippen LogP contribution < -0.4 is 14.4 Å². The first-order valence-electron chi connectivity index (χ1n) is 10.6. The van der Waals surface area contributed by atoms with Gasteiger partial charge in [0.25, 0.3) is 0 Å². The summed E-state index contributed by atoms with van der Waals surface area (Å²) in [7, 11) is 3.08. The van der Waals surface area contributed by atoms with E-state index in [0.29, 0.717) is 27.0 Å². The molecule has 2 aromatic carbocycles. The number of carbonyl (C=O) groups excluding carboxylic acids is 2. The average molecular weight is 512 g/mol. The predicted octanol–water partition coefficient (Wildman–Crippen LogP) is 5.10. The minimum Gasteiger partial charge on any atom is -0.493 e. The maximum atomic E-state index is 14.5. The molecule has 2 aromatic heterocycles. The Labute approximate surface area is 209 Å². The summed E-state index contributed by atoms with van der Waals surface area (Å²) in [5.74, 6) is -0.382. The summed E-state index contributed by atoms with van der Waals surface area (Å²) >= 11 is 2.81. The zero-order chi connectivity index (χ0) is 24.8. The largest absolute Gasteiger partial charge is 0.493 e. The van der Waals surface area contributed by atoms with E-state index in [-0.39, 0.29) is 42.5 Å². The first kappa shape index (κ1) is 24.5. The number of likely N-dealkylation sites (N-methyl/N-ethyl adjacent to an activating group) is 1. The first-order chi connectivity index (χ1) is 16.9. The van der Waals surface area contributed by atoms with Crippen molar-refractivity contribution in [2.24, 2.45) is 0 Å². The Kier molecular flexibility index (Phi) is 7.84. The molecule has 0 N–H and O–H groups in total. The lowest BCUT2D eigenvalue weighted by atomic mass is 10.0. The summed E-state index contributed by atoms with van der Waals surface area (Å²) in [5, 5.41) is 5.05. The highest BCUT2D eigenvalue weighted by atomic mass is 32.1. The van der Waals surface area contributed by atoms with Crippen molar-refractivity contribution >= 4 is 40.1 Å². The third-order valence-electron chi connectivity index (χ3n) is 5.17. The Balaban J connectivity index is 1.63. The van der Waals surface area contributed by atoms with Crippen LogP contribution in [0.5, 0.6) is 17.2 Å². The highest BCUT2D eigenvalue weighted by Gasteiger charge is 2.19. The minimum absolute atomic E-state index is 0.0219. The molecular formula is C25H22FN3O4S2. The van der Waals surface area contributed by atoms with Gasteiger partial charge in [-0.1, -0.05) is 6.07 Å². The summed E-state index contributed by atoms with van der Waals surface area (Å²) in [6.45, 7) is 0. The molecule has 35 heavy (non-hydrogen) atoms. The Morgan fingerprint density at radius 2 is 1.69 bits per heavy atom. The number of para-hydroxylation sites is 1. The zero-order valence-electron chi connectivity index (χ0n) is 19.1. The molecule has 7 nitrogen and oxygen atoms in total. The summed E-state index contributed by atoms with van der Waals surface area (Å²) in [4.78, 5) is 35.4. The molecule has 180 valence electrons. The molecule has 0 bridgehead atoms. The van der Waals surface area contributed by atoms with Crippen LogP contribution in [0.2, 0.25) is 0 Å². The molecule has 2 heterocycles.